The van der Waals surface area contributed by atoms with Crippen LogP contribution in [0.1, 0.15) is 0 Å². The second kappa shape index (κ2) is 7.87. The van der Waals surface area contributed by atoms with E-state index in [4.69, 9.17) is 5.11 Å². The summed E-state index contributed by atoms with van der Waals surface area (Å²) >= 11 is 3.10. The summed E-state index contributed by atoms with van der Waals surface area (Å²) in [5.41, 5.74) is 1.77. The number of rotatable bonds is 6. The van der Waals surface area contributed by atoms with Crippen LogP contribution in [0.4, 0.5) is 21.8 Å². The molecule has 3 N–H and O–H groups in total. The molecule has 0 aliphatic carbocycles. The van der Waals surface area contributed by atoms with E-state index in [0.29, 0.717) is 21.7 Å². The summed E-state index contributed by atoms with van der Waals surface area (Å²) in [6.07, 6.45) is 3.27. The highest BCUT2D eigenvalue weighted by atomic mass is 79.9. The van der Waals surface area contributed by atoms with Crippen molar-refractivity contribution in [3.8, 4) is 11.3 Å². The van der Waals surface area contributed by atoms with Gasteiger partial charge in [0.2, 0.25) is 5.95 Å². The van der Waals surface area contributed by atoms with Crippen molar-refractivity contribution >= 4 is 39.4 Å². The molecule has 3 aromatic rings. The van der Waals surface area contributed by atoms with Crippen molar-refractivity contribution in [3.05, 3.63) is 59.1 Å². The fourth-order valence-electron chi connectivity index (χ4n) is 2.13. The Balaban J connectivity index is 1.95. The molecule has 0 atom stereocenters. The fraction of sp³-hybridized carbons (Fsp3) is 0.0588. The molecule has 3 rings (SSSR count). The third kappa shape index (κ3) is 4.51. The zero-order chi connectivity index (χ0) is 18.5. The number of halogens is 2. The lowest BCUT2D eigenvalue weighted by Crippen LogP contribution is -2.15. The molecule has 2 aromatic heterocycles. The van der Waals surface area contributed by atoms with Crippen LogP contribution in [-0.2, 0) is 4.79 Å². The van der Waals surface area contributed by atoms with Crippen LogP contribution in [0.3, 0.4) is 0 Å². The van der Waals surface area contributed by atoms with Gasteiger partial charge in [-0.2, -0.15) is 4.98 Å². The van der Waals surface area contributed by atoms with Crippen molar-refractivity contribution in [2.45, 2.75) is 0 Å². The van der Waals surface area contributed by atoms with Gasteiger partial charge in [0.1, 0.15) is 18.2 Å². The topological polar surface area (TPSA) is 100 Å². The number of nitrogens with zero attached hydrogens (tertiary/aromatic N) is 3. The molecule has 0 fully saturated rings. The van der Waals surface area contributed by atoms with Crippen molar-refractivity contribution in [2.75, 3.05) is 17.2 Å². The van der Waals surface area contributed by atoms with Crippen LogP contribution in [0, 0.1) is 5.82 Å². The van der Waals surface area contributed by atoms with Gasteiger partial charge in [-0.05, 0) is 46.3 Å². The third-order valence-electron chi connectivity index (χ3n) is 3.27. The van der Waals surface area contributed by atoms with E-state index in [1.54, 1.807) is 36.7 Å². The Morgan fingerprint density at radius 1 is 1.23 bits per heavy atom. The van der Waals surface area contributed by atoms with Crippen LogP contribution in [0.2, 0.25) is 0 Å². The Morgan fingerprint density at radius 3 is 2.77 bits per heavy atom. The fourth-order valence-corrected chi connectivity index (χ4v) is 2.38. The number of carboxylic acids is 1. The van der Waals surface area contributed by atoms with Crippen LogP contribution in [-0.4, -0.2) is 32.6 Å². The average Bonchev–Trinajstić information content (AvgIpc) is 2.64. The molecule has 0 aliphatic heterocycles. The van der Waals surface area contributed by atoms with E-state index in [2.05, 4.69) is 41.5 Å². The lowest BCUT2D eigenvalue weighted by Gasteiger charge is -2.11. The summed E-state index contributed by atoms with van der Waals surface area (Å²) < 4.78 is 14.1. The Kier molecular flexibility index (Phi) is 5.37. The SMILES string of the molecule is O=C(O)CNc1nc(Nc2ccc(Br)c(F)c2)cc(-c2cccnc2)n1. The average molecular weight is 418 g/mol. The first-order valence-corrected chi connectivity index (χ1v) is 8.28. The van der Waals surface area contributed by atoms with Crippen LogP contribution >= 0.6 is 15.9 Å². The van der Waals surface area contributed by atoms with E-state index in [9.17, 15) is 9.18 Å². The summed E-state index contributed by atoms with van der Waals surface area (Å²) in [4.78, 5) is 23.4. The summed E-state index contributed by atoms with van der Waals surface area (Å²) in [6, 6.07) is 9.83. The molecule has 7 nitrogen and oxygen atoms in total. The molecule has 26 heavy (non-hydrogen) atoms. The van der Waals surface area contributed by atoms with E-state index in [1.807, 2.05) is 6.07 Å². The maximum atomic E-state index is 13.7. The number of carboxylic acid groups (broad SMARTS) is 1. The Hall–Kier alpha value is -3.07. The number of pyridine rings is 1. The normalized spacial score (nSPS) is 10.4. The second-order valence-corrected chi connectivity index (χ2v) is 6.06. The zero-order valence-electron chi connectivity index (χ0n) is 13.3. The zero-order valence-corrected chi connectivity index (χ0v) is 14.9. The van der Waals surface area contributed by atoms with Gasteiger partial charge in [0, 0.05) is 29.7 Å². The van der Waals surface area contributed by atoms with Crippen LogP contribution < -0.4 is 10.6 Å². The van der Waals surface area contributed by atoms with Gasteiger partial charge in [-0.1, -0.05) is 0 Å². The van der Waals surface area contributed by atoms with Gasteiger partial charge in [0.05, 0.1) is 10.2 Å². The lowest BCUT2D eigenvalue weighted by molar-refractivity contribution is -0.134. The molecule has 0 bridgehead atoms. The Bertz CT molecular complexity index is 940. The first-order chi connectivity index (χ1) is 12.5. The monoisotopic (exact) mass is 417 g/mol. The molecule has 0 amide bonds. The molecule has 0 unspecified atom stereocenters. The molecular formula is C17H13BrFN5O2. The number of aromatic nitrogens is 3. The molecule has 0 aliphatic rings. The van der Waals surface area contributed by atoms with Crippen LogP contribution in [0.5, 0.6) is 0 Å². The molecule has 0 spiro atoms. The maximum Gasteiger partial charge on any atom is 0.322 e. The number of aliphatic carboxylic acids is 1. The molecular weight excluding hydrogens is 405 g/mol. The maximum absolute atomic E-state index is 13.7. The van der Waals surface area contributed by atoms with Gasteiger partial charge in [-0.3, -0.25) is 9.78 Å². The smallest absolute Gasteiger partial charge is 0.322 e. The highest BCUT2D eigenvalue weighted by Crippen LogP contribution is 2.25. The number of anilines is 3. The van der Waals surface area contributed by atoms with E-state index >= 15 is 0 Å². The van der Waals surface area contributed by atoms with E-state index < -0.39 is 11.8 Å². The number of hydrogen-bond acceptors (Lipinski definition) is 6. The van der Waals surface area contributed by atoms with Crippen molar-refractivity contribution < 1.29 is 14.3 Å². The van der Waals surface area contributed by atoms with Gasteiger partial charge in [0.15, 0.2) is 0 Å². The van der Waals surface area contributed by atoms with E-state index in [-0.39, 0.29) is 12.5 Å². The third-order valence-corrected chi connectivity index (χ3v) is 3.92. The minimum absolute atomic E-state index is 0.133. The number of nitrogens with one attached hydrogen (secondary N) is 2. The van der Waals surface area contributed by atoms with E-state index in [1.165, 1.54) is 6.07 Å². The lowest BCUT2D eigenvalue weighted by atomic mass is 10.2. The van der Waals surface area contributed by atoms with Gasteiger partial charge in [0.25, 0.3) is 0 Å². The van der Waals surface area contributed by atoms with Gasteiger partial charge in [-0.15, -0.1) is 0 Å². The summed E-state index contributed by atoms with van der Waals surface area (Å²) in [5.74, 6) is -0.937. The highest BCUT2D eigenvalue weighted by molar-refractivity contribution is 9.10. The Morgan fingerprint density at radius 2 is 2.08 bits per heavy atom. The first kappa shape index (κ1) is 17.7. The number of carbonyl (C=O) groups is 1. The van der Waals surface area contributed by atoms with Gasteiger partial charge < -0.3 is 15.7 Å². The number of benzene rings is 1. The Labute approximate surface area is 156 Å². The number of hydrogen-bond donors (Lipinski definition) is 3. The molecule has 132 valence electrons. The largest absolute Gasteiger partial charge is 0.480 e. The quantitative estimate of drug-likeness (QED) is 0.562. The van der Waals surface area contributed by atoms with Crippen LogP contribution in [0.25, 0.3) is 11.3 Å². The van der Waals surface area contributed by atoms with Crippen LogP contribution in [0.15, 0.2) is 53.3 Å². The van der Waals surface area contributed by atoms with E-state index in [0.717, 1.165) is 5.56 Å². The second-order valence-electron chi connectivity index (χ2n) is 5.20. The molecule has 9 heteroatoms. The van der Waals surface area contributed by atoms with Crippen molar-refractivity contribution in [1.82, 2.24) is 15.0 Å². The molecule has 2 heterocycles. The summed E-state index contributed by atoms with van der Waals surface area (Å²) in [7, 11) is 0. The van der Waals surface area contributed by atoms with Gasteiger partial charge in [-0.25, -0.2) is 9.37 Å². The molecule has 0 saturated heterocycles. The first-order valence-electron chi connectivity index (χ1n) is 7.48. The molecule has 1 aromatic carbocycles. The standard InChI is InChI=1S/C17H13BrFN5O2/c18-12-4-3-11(6-13(12)19)22-15-7-14(10-2-1-5-20-8-10)23-17(24-15)21-9-16(25)26/h1-8H,9H2,(H,25,26)(H2,21,22,23,24). The predicted molar refractivity (Wildman–Crippen MR) is 98.8 cm³/mol. The molecule has 0 saturated carbocycles. The summed E-state index contributed by atoms with van der Waals surface area (Å²) in [6.45, 7) is -0.331. The highest BCUT2D eigenvalue weighted by Gasteiger charge is 2.09. The van der Waals surface area contributed by atoms with Gasteiger partial charge >= 0.3 is 5.97 Å². The summed E-state index contributed by atoms with van der Waals surface area (Å²) in [5, 5.41) is 14.5. The van der Waals surface area contributed by atoms with Crippen molar-refractivity contribution in [2.24, 2.45) is 0 Å². The minimum Gasteiger partial charge on any atom is -0.480 e. The predicted octanol–water partition coefficient (Wildman–Crippen LogP) is 3.68. The van der Waals surface area contributed by atoms with Crippen molar-refractivity contribution in [1.29, 1.82) is 0 Å². The van der Waals surface area contributed by atoms with Crippen molar-refractivity contribution in [3.63, 3.8) is 0 Å². The minimum atomic E-state index is -1.04. The molecule has 0 radical (unpaired) electrons.